The Hall–Kier alpha value is -2.78. The van der Waals surface area contributed by atoms with Crippen LogP contribution in [0.5, 0.6) is 5.75 Å². The summed E-state index contributed by atoms with van der Waals surface area (Å²) in [6, 6.07) is 18.0. The van der Waals surface area contributed by atoms with Crippen molar-refractivity contribution in [3.05, 3.63) is 71.0 Å². The number of benzene rings is 2. The number of hydrogen-bond donors (Lipinski definition) is 0. The summed E-state index contributed by atoms with van der Waals surface area (Å²) in [5.74, 6) is 2.75. The van der Waals surface area contributed by atoms with Crippen molar-refractivity contribution in [1.82, 2.24) is 14.8 Å². The van der Waals surface area contributed by atoms with Crippen LogP contribution in [0.15, 0.2) is 53.7 Å². The van der Waals surface area contributed by atoms with E-state index in [0.717, 1.165) is 22.3 Å². The summed E-state index contributed by atoms with van der Waals surface area (Å²) < 4.78 is 8.00. The number of aromatic nitrogens is 3. The predicted octanol–water partition coefficient (Wildman–Crippen LogP) is 5.24. The number of rotatable bonds is 7. The fraction of sp³-hybridized carbons (Fsp3) is 0.318. The maximum absolute atomic E-state index is 9.23. The molecule has 0 amide bonds. The molecule has 0 radical (unpaired) electrons. The maximum atomic E-state index is 9.23. The third-order valence-corrected chi connectivity index (χ3v) is 5.66. The van der Waals surface area contributed by atoms with E-state index < -0.39 is 0 Å². The molecule has 0 aliphatic heterocycles. The van der Waals surface area contributed by atoms with Gasteiger partial charge in [-0.3, -0.25) is 0 Å². The molecule has 0 saturated heterocycles. The van der Waals surface area contributed by atoms with E-state index in [-0.39, 0.29) is 6.10 Å². The van der Waals surface area contributed by atoms with Crippen molar-refractivity contribution in [2.24, 2.45) is 7.05 Å². The number of thioether (sulfide) groups is 1. The zero-order valence-corrected chi connectivity index (χ0v) is 17.4. The van der Waals surface area contributed by atoms with E-state index in [1.54, 1.807) is 11.8 Å². The van der Waals surface area contributed by atoms with Crippen molar-refractivity contribution in [3.8, 4) is 11.8 Å². The minimum absolute atomic E-state index is 0.219. The minimum atomic E-state index is -0.219. The lowest BCUT2D eigenvalue weighted by molar-refractivity contribution is 0.211. The largest absolute Gasteiger partial charge is 0.483 e. The van der Waals surface area contributed by atoms with Gasteiger partial charge in [0.05, 0.1) is 11.6 Å². The summed E-state index contributed by atoms with van der Waals surface area (Å²) in [5, 5.41) is 18.6. The van der Waals surface area contributed by atoms with E-state index in [1.807, 2.05) is 54.9 Å². The first-order valence-electron chi connectivity index (χ1n) is 9.26. The smallest absolute Gasteiger partial charge is 0.191 e. The molecule has 3 rings (SSSR count). The lowest BCUT2D eigenvalue weighted by Gasteiger charge is -2.15. The molecule has 0 N–H and O–H groups in total. The van der Waals surface area contributed by atoms with Crippen LogP contribution in [-0.4, -0.2) is 14.8 Å². The van der Waals surface area contributed by atoms with Gasteiger partial charge in [0.1, 0.15) is 5.75 Å². The molecule has 0 spiro atoms. The Bertz CT molecular complexity index is 973. The van der Waals surface area contributed by atoms with Crippen molar-refractivity contribution in [2.45, 2.75) is 43.7 Å². The van der Waals surface area contributed by atoms with E-state index in [9.17, 15) is 5.26 Å². The first-order valence-corrected chi connectivity index (χ1v) is 10.2. The van der Waals surface area contributed by atoms with E-state index in [1.165, 1.54) is 5.56 Å². The molecule has 0 aliphatic carbocycles. The predicted molar refractivity (Wildman–Crippen MR) is 111 cm³/mol. The van der Waals surface area contributed by atoms with E-state index in [4.69, 9.17) is 4.74 Å². The van der Waals surface area contributed by atoms with Crippen molar-refractivity contribution >= 4 is 11.8 Å². The van der Waals surface area contributed by atoms with Crippen LogP contribution in [0.1, 0.15) is 55.3 Å². The van der Waals surface area contributed by atoms with Gasteiger partial charge in [-0.2, -0.15) is 5.26 Å². The highest BCUT2D eigenvalue weighted by Gasteiger charge is 2.17. The van der Waals surface area contributed by atoms with Crippen LogP contribution in [0.2, 0.25) is 0 Å². The monoisotopic (exact) mass is 392 g/mol. The highest BCUT2D eigenvalue weighted by Crippen LogP contribution is 2.27. The lowest BCUT2D eigenvalue weighted by Crippen LogP contribution is -2.10. The van der Waals surface area contributed by atoms with Crippen LogP contribution < -0.4 is 4.74 Å². The molecular formula is C22H24N4OS. The van der Waals surface area contributed by atoms with Crippen LogP contribution >= 0.6 is 11.8 Å². The highest BCUT2D eigenvalue weighted by molar-refractivity contribution is 7.98. The second-order valence-electron chi connectivity index (χ2n) is 6.94. The molecule has 0 saturated carbocycles. The first kappa shape index (κ1) is 20.0. The average molecular weight is 393 g/mol. The maximum Gasteiger partial charge on any atom is 0.191 e. The summed E-state index contributed by atoms with van der Waals surface area (Å²) in [4.78, 5) is 0. The lowest BCUT2D eigenvalue weighted by atomic mass is 10.0. The normalized spacial score (nSPS) is 12.0. The Morgan fingerprint density at radius 2 is 1.79 bits per heavy atom. The Kier molecular flexibility index (Phi) is 6.37. The summed E-state index contributed by atoms with van der Waals surface area (Å²) in [7, 11) is 1.94. The Morgan fingerprint density at radius 3 is 2.46 bits per heavy atom. The van der Waals surface area contributed by atoms with Gasteiger partial charge in [0.15, 0.2) is 17.1 Å². The summed E-state index contributed by atoms with van der Waals surface area (Å²) in [5.41, 5.74) is 2.98. The number of nitriles is 1. The van der Waals surface area contributed by atoms with Crippen molar-refractivity contribution < 1.29 is 4.74 Å². The molecule has 1 aromatic heterocycles. The second-order valence-corrected chi connectivity index (χ2v) is 7.88. The Morgan fingerprint density at radius 1 is 1.07 bits per heavy atom. The standard InChI is InChI=1S/C22H24N4OS/c1-15(2)17-9-11-20(12-10-17)27-16(3)21-24-25-22(26(21)4)28-14-19-8-6-5-7-18(19)13-23/h5-12,15-16H,14H2,1-4H3. The third kappa shape index (κ3) is 4.55. The molecule has 1 heterocycles. The van der Waals surface area contributed by atoms with Crippen LogP contribution in [0.4, 0.5) is 0 Å². The van der Waals surface area contributed by atoms with Crippen LogP contribution in [0.25, 0.3) is 0 Å². The van der Waals surface area contributed by atoms with Gasteiger partial charge in [-0.05, 0) is 42.2 Å². The van der Waals surface area contributed by atoms with E-state index in [2.05, 4.69) is 42.2 Å². The molecule has 0 aliphatic rings. The first-order chi connectivity index (χ1) is 13.5. The molecule has 6 heteroatoms. The van der Waals surface area contributed by atoms with Gasteiger partial charge in [-0.25, -0.2) is 0 Å². The summed E-state index contributed by atoms with van der Waals surface area (Å²) in [6.45, 7) is 6.32. The van der Waals surface area contributed by atoms with Crippen molar-refractivity contribution in [2.75, 3.05) is 0 Å². The van der Waals surface area contributed by atoms with Gasteiger partial charge < -0.3 is 9.30 Å². The Balaban J connectivity index is 1.67. The quantitative estimate of drug-likeness (QED) is 0.514. The fourth-order valence-electron chi connectivity index (χ4n) is 2.89. The van der Waals surface area contributed by atoms with Crippen LogP contribution in [0.3, 0.4) is 0 Å². The van der Waals surface area contributed by atoms with Gasteiger partial charge >= 0.3 is 0 Å². The van der Waals surface area contributed by atoms with Gasteiger partial charge in [-0.15, -0.1) is 10.2 Å². The van der Waals surface area contributed by atoms with Crippen LogP contribution in [0, 0.1) is 11.3 Å². The molecule has 1 unspecified atom stereocenters. The molecule has 5 nitrogen and oxygen atoms in total. The molecule has 2 aromatic carbocycles. The molecule has 28 heavy (non-hydrogen) atoms. The van der Waals surface area contributed by atoms with Crippen molar-refractivity contribution in [3.63, 3.8) is 0 Å². The third-order valence-electron chi connectivity index (χ3n) is 4.59. The summed E-state index contributed by atoms with van der Waals surface area (Å²) >= 11 is 1.56. The van der Waals surface area contributed by atoms with Crippen molar-refractivity contribution in [1.29, 1.82) is 5.26 Å². The van der Waals surface area contributed by atoms with Gasteiger partial charge in [0, 0.05) is 12.8 Å². The van der Waals surface area contributed by atoms with E-state index in [0.29, 0.717) is 17.2 Å². The molecule has 3 aromatic rings. The topological polar surface area (TPSA) is 63.7 Å². The van der Waals surface area contributed by atoms with Gasteiger partial charge in [-0.1, -0.05) is 55.9 Å². The van der Waals surface area contributed by atoms with Crippen LogP contribution in [-0.2, 0) is 12.8 Å². The van der Waals surface area contributed by atoms with E-state index >= 15 is 0 Å². The summed E-state index contributed by atoms with van der Waals surface area (Å²) in [6.07, 6.45) is -0.219. The average Bonchev–Trinajstić information content (AvgIpc) is 3.07. The number of ether oxygens (including phenoxy) is 1. The van der Waals surface area contributed by atoms with Gasteiger partial charge in [0.25, 0.3) is 0 Å². The zero-order chi connectivity index (χ0) is 20.1. The SMILES string of the molecule is CC(C)c1ccc(OC(C)c2nnc(SCc3ccccc3C#N)n2C)cc1. The molecule has 0 fully saturated rings. The molecule has 144 valence electrons. The highest BCUT2D eigenvalue weighted by atomic mass is 32.2. The Labute approximate surface area is 170 Å². The molecule has 1 atom stereocenters. The fourth-order valence-corrected chi connectivity index (χ4v) is 3.81. The second kappa shape index (κ2) is 8.94. The zero-order valence-electron chi connectivity index (χ0n) is 16.6. The van der Waals surface area contributed by atoms with Gasteiger partial charge in [0.2, 0.25) is 0 Å². The molecule has 0 bridgehead atoms. The number of nitrogens with zero attached hydrogens (tertiary/aromatic N) is 4. The number of hydrogen-bond acceptors (Lipinski definition) is 5. The molecular weight excluding hydrogens is 368 g/mol. The minimum Gasteiger partial charge on any atom is -0.483 e.